The molecule has 0 aliphatic carbocycles. The molecule has 0 spiro atoms. The Morgan fingerprint density at radius 3 is 2.33 bits per heavy atom. The Hall–Kier alpha value is -1.59. The van der Waals surface area contributed by atoms with Gasteiger partial charge in [-0.1, -0.05) is 20.8 Å². The van der Waals surface area contributed by atoms with Crippen molar-refractivity contribution in [2.24, 2.45) is 10.8 Å². The number of nitrogens with zero attached hydrogens (tertiary/aromatic N) is 1. The summed E-state index contributed by atoms with van der Waals surface area (Å²) in [7, 11) is 0. The lowest BCUT2D eigenvalue weighted by atomic mass is 9.82. The highest BCUT2D eigenvalue weighted by Gasteiger charge is 2.40. The SMILES string of the molecule is CC(NC(=O)C(C)(C)C)C(=O)N1CCCC(C)(C(=O)O)C1. The zero-order valence-electron chi connectivity index (χ0n) is 13.5. The highest BCUT2D eigenvalue weighted by molar-refractivity contribution is 5.89. The molecule has 6 nitrogen and oxygen atoms in total. The van der Waals surface area contributed by atoms with Gasteiger partial charge in [0, 0.05) is 18.5 Å². The van der Waals surface area contributed by atoms with Crippen LogP contribution in [0.5, 0.6) is 0 Å². The van der Waals surface area contributed by atoms with Crippen LogP contribution in [0.1, 0.15) is 47.5 Å². The number of aliphatic carboxylic acids is 1. The molecular weight excluding hydrogens is 272 g/mol. The summed E-state index contributed by atoms with van der Waals surface area (Å²) in [6.07, 6.45) is 1.23. The summed E-state index contributed by atoms with van der Waals surface area (Å²) in [6.45, 7) is 9.37. The van der Waals surface area contributed by atoms with Crippen LogP contribution < -0.4 is 5.32 Å². The van der Waals surface area contributed by atoms with Crippen molar-refractivity contribution in [3.8, 4) is 0 Å². The standard InChI is InChI=1S/C15H26N2O4/c1-10(16-12(19)14(2,3)4)11(18)17-8-6-7-15(5,9-17)13(20)21/h10H,6-9H2,1-5H3,(H,16,19)(H,20,21). The molecule has 1 heterocycles. The van der Waals surface area contributed by atoms with E-state index in [1.807, 2.05) is 0 Å². The molecule has 0 aromatic rings. The summed E-state index contributed by atoms with van der Waals surface area (Å²) in [5, 5.41) is 12.0. The van der Waals surface area contributed by atoms with Crippen molar-refractivity contribution in [3.63, 3.8) is 0 Å². The van der Waals surface area contributed by atoms with E-state index in [0.29, 0.717) is 19.4 Å². The number of piperidine rings is 1. The Morgan fingerprint density at radius 1 is 1.29 bits per heavy atom. The van der Waals surface area contributed by atoms with Crippen LogP contribution in [-0.2, 0) is 14.4 Å². The minimum absolute atomic E-state index is 0.191. The Balaban J connectivity index is 2.70. The molecule has 2 N–H and O–H groups in total. The molecule has 0 aromatic heterocycles. The first-order valence-corrected chi connectivity index (χ1v) is 7.30. The number of carboxylic acids is 1. The first-order chi connectivity index (χ1) is 9.47. The van der Waals surface area contributed by atoms with Crippen LogP contribution >= 0.6 is 0 Å². The molecule has 2 amide bonds. The van der Waals surface area contributed by atoms with Gasteiger partial charge in [0.2, 0.25) is 11.8 Å². The highest BCUT2D eigenvalue weighted by atomic mass is 16.4. The zero-order valence-corrected chi connectivity index (χ0v) is 13.5. The van der Waals surface area contributed by atoms with E-state index in [2.05, 4.69) is 5.32 Å². The van der Waals surface area contributed by atoms with Crippen molar-refractivity contribution in [1.29, 1.82) is 0 Å². The molecule has 0 aromatic carbocycles. The van der Waals surface area contributed by atoms with E-state index in [1.54, 1.807) is 39.5 Å². The van der Waals surface area contributed by atoms with Crippen LogP contribution in [0, 0.1) is 10.8 Å². The normalized spacial score (nSPS) is 24.3. The fourth-order valence-corrected chi connectivity index (χ4v) is 2.35. The Kier molecular flexibility index (Phi) is 5.02. The predicted molar refractivity (Wildman–Crippen MR) is 78.6 cm³/mol. The molecule has 2 unspecified atom stereocenters. The number of nitrogens with one attached hydrogen (secondary N) is 1. The lowest BCUT2D eigenvalue weighted by Crippen LogP contribution is -2.54. The van der Waals surface area contributed by atoms with Crippen molar-refractivity contribution in [2.45, 2.75) is 53.5 Å². The van der Waals surface area contributed by atoms with Crippen molar-refractivity contribution in [2.75, 3.05) is 13.1 Å². The molecule has 6 heteroatoms. The number of carbonyl (C=O) groups excluding carboxylic acids is 2. The van der Waals surface area contributed by atoms with Crippen LogP contribution in [0.25, 0.3) is 0 Å². The Morgan fingerprint density at radius 2 is 1.86 bits per heavy atom. The summed E-state index contributed by atoms with van der Waals surface area (Å²) in [5.41, 5.74) is -1.46. The zero-order chi connectivity index (χ0) is 16.4. The summed E-state index contributed by atoms with van der Waals surface area (Å²) < 4.78 is 0. The minimum atomic E-state index is -0.901. The van der Waals surface area contributed by atoms with Gasteiger partial charge in [-0.2, -0.15) is 0 Å². The second-order valence-electron chi connectivity index (χ2n) is 7.17. The van der Waals surface area contributed by atoms with E-state index in [1.165, 1.54) is 0 Å². The third-order valence-electron chi connectivity index (χ3n) is 3.92. The van der Waals surface area contributed by atoms with Gasteiger partial charge in [-0.05, 0) is 26.7 Å². The lowest BCUT2D eigenvalue weighted by molar-refractivity contribution is -0.154. The first-order valence-electron chi connectivity index (χ1n) is 7.30. The maximum atomic E-state index is 12.4. The quantitative estimate of drug-likeness (QED) is 0.821. The molecule has 21 heavy (non-hydrogen) atoms. The fraction of sp³-hybridized carbons (Fsp3) is 0.800. The van der Waals surface area contributed by atoms with Gasteiger partial charge in [-0.15, -0.1) is 0 Å². The number of hydrogen-bond acceptors (Lipinski definition) is 3. The maximum absolute atomic E-state index is 12.4. The third-order valence-corrected chi connectivity index (χ3v) is 3.92. The predicted octanol–water partition coefficient (Wildman–Crippen LogP) is 1.25. The van der Waals surface area contributed by atoms with E-state index in [4.69, 9.17) is 0 Å². The van der Waals surface area contributed by atoms with Crippen LogP contribution in [0.3, 0.4) is 0 Å². The fourth-order valence-electron chi connectivity index (χ4n) is 2.35. The molecule has 2 atom stereocenters. The van der Waals surface area contributed by atoms with E-state index in [9.17, 15) is 19.5 Å². The monoisotopic (exact) mass is 298 g/mol. The molecule has 1 aliphatic heterocycles. The van der Waals surface area contributed by atoms with E-state index in [-0.39, 0.29) is 18.4 Å². The van der Waals surface area contributed by atoms with Crippen molar-refractivity contribution in [1.82, 2.24) is 10.2 Å². The number of likely N-dealkylation sites (tertiary alicyclic amines) is 1. The van der Waals surface area contributed by atoms with Crippen LogP contribution in [0.4, 0.5) is 0 Å². The summed E-state index contributed by atoms with van der Waals surface area (Å²) in [6, 6.07) is -0.645. The number of amides is 2. The Bertz CT molecular complexity index is 441. The molecule has 0 bridgehead atoms. The average molecular weight is 298 g/mol. The molecule has 120 valence electrons. The maximum Gasteiger partial charge on any atom is 0.311 e. The third kappa shape index (κ3) is 4.19. The summed E-state index contributed by atoms with van der Waals surface area (Å²) in [5.74, 6) is -1.30. The highest BCUT2D eigenvalue weighted by Crippen LogP contribution is 2.30. The number of carboxylic acid groups (broad SMARTS) is 1. The van der Waals surface area contributed by atoms with Crippen LogP contribution in [0.2, 0.25) is 0 Å². The molecule has 1 rings (SSSR count). The van der Waals surface area contributed by atoms with Gasteiger partial charge in [0.1, 0.15) is 6.04 Å². The van der Waals surface area contributed by atoms with E-state index >= 15 is 0 Å². The van der Waals surface area contributed by atoms with Gasteiger partial charge >= 0.3 is 5.97 Å². The van der Waals surface area contributed by atoms with Crippen molar-refractivity contribution in [3.05, 3.63) is 0 Å². The van der Waals surface area contributed by atoms with Crippen LogP contribution in [-0.4, -0.2) is 46.9 Å². The largest absolute Gasteiger partial charge is 0.481 e. The molecule has 1 saturated heterocycles. The summed E-state index contributed by atoms with van der Waals surface area (Å²) >= 11 is 0. The van der Waals surface area contributed by atoms with Crippen LogP contribution in [0.15, 0.2) is 0 Å². The molecule has 1 fully saturated rings. The van der Waals surface area contributed by atoms with E-state index in [0.717, 1.165) is 0 Å². The van der Waals surface area contributed by atoms with Gasteiger partial charge in [-0.25, -0.2) is 0 Å². The topological polar surface area (TPSA) is 86.7 Å². The van der Waals surface area contributed by atoms with Gasteiger partial charge in [0.15, 0.2) is 0 Å². The second kappa shape index (κ2) is 6.03. The molecular formula is C15H26N2O4. The number of hydrogen-bond donors (Lipinski definition) is 2. The van der Waals surface area contributed by atoms with Gasteiger partial charge in [0.05, 0.1) is 5.41 Å². The smallest absolute Gasteiger partial charge is 0.311 e. The van der Waals surface area contributed by atoms with Crippen molar-refractivity contribution < 1.29 is 19.5 Å². The summed E-state index contributed by atoms with van der Waals surface area (Å²) in [4.78, 5) is 37.2. The number of carbonyl (C=O) groups is 3. The minimum Gasteiger partial charge on any atom is -0.481 e. The van der Waals surface area contributed by atoms with Crippen molar-refractivity contribution >= 4 is 17.8 Å². The first kappa shape index (κ1) is 17.5. The molecule has 0 radical (unpaired) electrons. The van der Waals surface area contributed by atoms with Gasteiger partial charge in [-0.3, -0.25) is 14.4 Å². The average Bonchev–Trinajstić information content (AvgIpc) is 2.36. The molecule has 1 aliphatic rings. The molecule has 0 saturated carbocycles. The number of rotatable bonds is 3. The van der Waals surface area contributed by atoms with Gasteiger partial charge in [0.25, 0.3) is 0 Å². The Labute approximate surface area is 125 Å². The lowest BCUT2D eigenvalue weighted by Gasteiger charge is -2.38. The van der Waals surface area contributed by atoms with E-state index < -0.39 is 22.8 Å². The van der Waals surface area contributed by atoms with Gasteiger partial charge < -0.3 is 15.3 Å². The second-order valence-corrected chi connectivity index (χ2v) is 7.17.